The molecule has 6 heteroatoms. The Bertz CT molecular complexity index is 80.0. The molecule has 0 rings (SSSR count). The minimum atomic E-state index is -2.07. The van der Waals surface area contributed by atoms with E-state index < -0.39 is 11.9 Å². The fourth-order valence-electron chi connectivity index (χ4n) is 0. The monoisotopic (exact) mass is 164 g/mol. The Balaban J connectivity index is -0.000000125. The van der Waals surface area contributed by atoms with Crippen molar-refractivity contribution in [2.75, 3.05) is 0 Å². The van der Waals surface area contributed by atoms with Crippen LogP contribution in [0.25, 0.3) is 0 Å². The number of hydrogen-bond acceptors (Lipinski definition) is 3. The Hall–Kier alpha value is 0.490. The van der Waals surface area contributed by atoms with Gasteiger partial charge in [0.2, 0.25) is 0 Å². The molecule has 0 fully saturated rings. The van der Waals surface area contributed by atoms with Gasteiger partial charge in [-0.15, -0.1) is 0 Å². The van der Waals surface area contributed by atoms with E-state index in [9.17, 15) is 0 Å². The van der Waals surface area contributed by atoms with Crippen LogP contribution in [0.2, 0.25) is 0 Å². The molecular formula is C2HCaClO4. The van der Waals surface area contributed by atoms with Crippen LogP contribution >= 0.6 is 0 Å². The Morgan fingerprint density at radius 3 is 1.50 bits per heavy atom. The molecule has 0 heterocycles. The van der Waals surface area contributed by atoms with Gasteiger partial charge in [0.15, 0.2) is 5.97 Å². The van der Waals surface area contributed by atoms with Crippen LogP contribution in [0, 0.1) is 0 Å². The average molecular weight is 165 g/mol. The topological polar surface area (TPSA) is 77.4 Å². The zero-order valence-corrected chi connectivity index (χ0v) is 6.72. The van der Waals surface area contributed by atoms with E-state index in [4.69, 9.17) is 19.8 Å². The number of carbonyl (C=O) groups is 2. The summed E-state index contributed by atoms with van der Waals surface area (Å²) in [5.74, 6) is -4.01. The SMILES string of the molecule is O=C([O-])C(=O)O.[Ca+2].[Cl-]. The number of carboxylic acids is 2. The molecule has 0 aliphatic rings. The van der Waals surface area contributed by atoms with Crippen LogP contribution in [0.5, 0.6) is 0 Å². The molecule has 0 atom stereocenters. The zero-order chi connectivity index (χ0) is 5.15. The first-order valence-electron chi connectivity index (χ1n) is 1.09. The molecule has 0 spiro atoms. The molecule has 0 amide bonds. The van der Waals surface area contributed by atoms with E-state index in [1.165, 1.54) is 0 Å². The fraction of sp³-hybridized carbons (Fsp3) is 0. The third kappa shape index (κ3) is 9.70. The summed E-state index contributed by atoms with van der Waals surface area (Å²) >= 11 is 0. The van der Waals surface area contributed by atoms with Gasteiger partial charge < -0.3 is 27.4 Å². The quantitative estimate of drug-likeness (QED) is 0.286. The molecule has 0 unspecified atom stereocenters. The number of carbonyl (C=O) groups excluding carboxylic acids is 1. The van der Waals surface area contributed by atoms with Gasteiger partial charge in [-0.1, -0.05) is 0 Å². The van der Waals surface area contributed by atoms with E-state index in [0.29, 0.717) is 0 Å². The maximum absolute atomic E-state index is 9.04. The molecule has 4 nitrogen and oxygen atoms in total. The van der Waals surface area contributed by atoms with Crippen molar-refractivity contribution in [1.82, 2.24) is 0 Å². The third-order valence-corrected chi connectivity index (χ3v) is 0.175. The summed E-state index contributed by atoms with van der Waals surface area (Å²) in [5, 5.41) is 16.3. The second-order valence-corrected chi connectivity index (χ2v) is 0.593. The fourth-order valence-corrected chi connectivity index (χ4v) is 0. The second-order valence-electron chi connectivity index (χ2n) is 0.593. The maximum atomic E-state index is 9.04. The van der Waals surface area contributed by atoms with Crippen LogP contribution in [0.4, 0.5) is 0 Å². The van der Waals surface area contributed by atoms with Crippen LogP contribution in [-0.2, 0) is 9.59 Å². The molecule has 0 bridgehead atoms. The van der Waals surface area contributed by atoms with Gasteiger partial charge in [-0.25, -0.2) is 4.79 Å². The van der Waals surface area contributed by atoms with Crippen molar-refractivity contribution in [2.24, 2.45) is 0 Å². The van der Waals surface area contributed by atoms with Gasteiger partial charge in [0.1, 0.15) is 0 Å². The number of aliphatic carboxylic acids is 2. The molecular weight excluding hydrogens is 164 g/mol. The number of halogens is 1. The minimum Gasteiger partial charge on any atom is -1.00 e. The Morgan fingerprint density at radius 1 is 1.38 bits per heavy atom. The summed E-state index contributed by atoms with van der Waals surface area (Å²) in [6.45, 7) is 0. The van der Waals surface area contributed by atoms with Gasteiger partial charge >= 0.3 is 43.7 Å². The van der Waals surface area contributed by atoms with Crippen molar-refractivity contribution in [3.63, 3.8) is 0 Å². The van der Waals surface area contributed by atoms with Crippen molar-refractivity contribution in [3.8, 4) is 0 Å². The predicted molar refractivity (Wildman–Crippen MR) is 18.4 cm³/mol. The van der Waals surface area contributed by atoms with E-state index in [1.807, 2.05) is 0 Å². The van der Waals surface area contributed by atoms with Gasteiger partial charge in [0.05, 0.1) is 0 Å². The van der Waals surface area contributed by atoms with Gasteiger partial charge in [-0.2, -0.15) is 0 Å². The average Bonchev–Trinajstić information content (AvgIpc) is 1.36. The van der Waals surface area contributed by atoms with E-state index in [1.54, 1.807) is 0 Å². The number of rotatable bonds is 0. The second kappa shape index (κ2) is 7.49. The molecule has 8 heavy (non-hydrogen) atoms. The summed E-state index contributed by atoms with van der Waals surface area (Å²) in [7, 11) is 0. The molecule has 1 N–H and O–H groups in total. The van der Waals surface area contributed by atoms with Crippen molar-refractivity contribution < 1.29 is 32.2 Å². The van der Waals surface area contributed by atoms with E-state index in [2.05, 4.69) is 0 Å². The molecule has 42 valence electrons. The standard InChI is InChI=1S/C2H2O4.Ca.ClH/c3-1(4)2(5)6;;/h(H,3,4)(H,5,6);;1H/q;+2;/p-2. The zero-order valence-electron chi connectivity index (χ0n) is 3.76. The van der Waals surface area contributed by atoms with Crippen molar-refractivity contribution in [1.29, 1.82) is 0 Å². The van der Waals surface area contributed by atoms with Crippen molar-refractivity contribution >= 4 is 49.7 Å². The molecule has 0 aromatic heterocycles. The summed E-state index contributed by atoms with van der Waals surface area (Å²) in [4.78, 5) is 18.0. The molecule has 0 radical (unpaired) electrons. The Kier molecular flexibility index (Phi) is 14.8. The minimum absolute atomic E-state index is 0. The first kappa shape index (κ1) is 15.8. The summed E-state index contributed by atoms with van der Waals surface area (Å²) in [6, 6.07) is 0. The third-order valence-electron chi connectivity index (χ3n) is 0.175. The van der Waals surface area contributed by atoms with Gasteiger partial charge in [0.25, 0.3) is 0 Å². The first-order chi connectivity index (χ1) is 2.64. The molecule has 0 aliphatic carbocycles. The maximum Gasteiger partial charge on any atom is 2.00 e. The van der Waals surface area contributed by atoms with E-state index in [0.717, 1.165) is 0 Å². The van der Waals surface area contributed by atoms with Gasteiger partial charge in [0, 0.05) is 0 Å². The molecule has 0 saturated heterocycles. The Morgan fingerprint density at radius 2 is 1.50 bits per heavy atom. The molecule has 0 aromatic rings. The predicted octanol–water partition coefficient (Wildman–Crippen LogP) is -5.56. The van der Waals surface area contributed by atoms with Crippen molar-refractivity contribution in [2.45, 2.75) is 0 Å². The largest absolute Gasteiger partial charge is 2.00 e. The van der Waals surface area contributed by atoms with Crippen LogP contribution in [0.1, 0.15) is 0 Å². The summed E-state index contributed by atoms with van der Waals surface area (Å²) in [5.41, 5.74) is 0. The van der Waals surface area contributed by atoms with E-state index in [-0.39, 0.29) is 50.1 Å². The molecule has 0 aliphatic heterocycles. The van der Waals surface area contributed by atoms with E-state index >= 15 is 0 Å². The van der Waals surface area contributed by atoms with Crippen LogP contribution in [0.15, 0.2) is 0 Å². The van der Waals surface area contributed by atoms with Crippen LogP contribution in [0.3, 0.4) is 0 Å². The molecule has 0 saturated carbocycles. The summed E-state index contributed by atoms with van der Waals surface area (Å²) in [6.07, 6.45) is 0. The number of hydrogen-bond donors (Lipinski definition) is 1. The van der Waals surface area contributed by atoms with Crippen LogP contribution < -0.4 is 17.5 Å². The first-order valence-corrected chi connectivity index (χ1v) is 1.09. The number of carboxylic acid groups (broad SMARTS) is 2. The Labute approximate surface area is 81.3 Å². The normalized spacial score (nSPS) is 5.50. The molecule has 0 aromatic carbocycles. The van der Waals surface area contributed by atoms with Gasteiger partial charge in [-0.05, 0) is 0 Å². The van der Waals surface area contributed by atoms with Crippen LogP contribution in [-0.4, -0.2) is 54.8 Å². The summed E-state index contributed by atoms with van der Waals surface area (Å²) < 4.78 is 0. The van der Waals surface area contributed by atoms with Gasteiger partial charge in [-0.3, -0.25) is 0 Å². The smallest absolute Gasteiger partial charge is 1.00 e. The van der Waals surface area contributed by atoms with Crippen molar-refractivity contribution in [3.05, 3.63) is 0 Å².